The van der Waals surface area contributed by atoms with Crippen LogP contribution in [-0.4, -0.2) is 65.5 Å². The molecule has 0 aromatic carbocycles. The second kappa shape index (κ2) is 11.7. The number of carbonyl (C=O) groups excluding carboxylic acids is 3. The van der Waals surface area contributed by atoms with Gasteiger partial charge in [0, 0.05) is 0 Å². The highest BCUT2D eigenvalue weighted by molar-refractivity contribution is 7.98. The predicted octanol–water partition coefficient (Wildman–Crippen LogP) is -1.09. The molecule has 6 N–H and O–H groups in total. The third-order valence-electron chi connectivity index (χ3n) is 3.43. The fourth-order valence-corrected chi connectivity index (χ4v) is 2.24. The Kier molecular flexibility index (Phi) is 10.8. The summed E-state index contributed by atoms with van der Waals surface area (Å²) >= 11 is 1.49. The largest absolute Gasteiger partial charge is 0.480 e. The fraction of sp³-hybridized carbons (Fsp3) is 0.733. The van der Waals surface area contributed by atoms with Crippen LogP contribution in [0.1, 0.15) is 27.2 Å². The lowest BCUT2D eigenvalue weighted by Gasteiger charge is -2.22. The maximum absolute atomic E-state index is 12.2. The summed E-state index contributed by atoms with van der Waals surface area (Å²) in [5.41, 5.74) is 5.73. The molecule has 0 spiro atoms. The van der Waals surface area contributed by atoms with E-state index in [-0.39, 0.29) is 5.92 Å². The summed E-state index contributed by atoms with van der Waals surface area (Å²) in [5.74, 6) is -2.22. The Morgan fingerprint density at radius 1 is 1.04 bits per heavy atom. The number of rotatable bonds is 11. The number of carboxylic acids is 1. The number of carboxylic acid groups (broad SMARTS) is 1. The highest BCUT2D eigenvalue weighted by atomic mass is 32.2. The highest BCUT2D eigenvalue weighted by Gasteiger charge is 2.26. The normalized spacial score (nSPS) is 14.3. The number of thioether (sulfide) groups is 1. The van der Waals surface area contributed by atoms with Crippen molar-refractivity contribution >= 4 is 35.5 Å². The smallest absolute Gasteiger partial charge is 0.322 e. The van der Waals surface area contributed by atoms with Gasteiger partial charge in [-0.3, -0.25) is 19.2 Å². The highest BCUT2D eigenvalue weighted by Crippen LogP contribution is 2.03. The van der Waals surface area contributed by atoms with Crippen molar-refractivity contribution in [2.45, 2.75) is 45.3 Å². The summed E-state index contributed by atoms with van der Waals surface area (Å²) in [4.78, 5) is 46.7. The average molecular weight is 376 g/mol. The van der Waals surface area contributed by atoms with E-state index in [1.165, 1.54) is 18.7 Å². The van der Waals surface area contributed by atoms with Gasteiger partial charge in [0.25, 0.3) is 0 Å². The van der Waals surface area contributed by atoms with Crippen LogP contribution in [0, 0.1) is 5.92 Å². The van der Waals surface area contributed by atoms with Gasteiger partial charge >= 0.3 is 5.97 Å². The minimum absolute atomic E-state index is 0.0774. The van der Waals surface area contributed by atoms with E-state index in [2.05, 4.69) is 16.0 Å². The minimum atomic E-state index is -1.17. The van der Waals surface area contributed by atoms with Gasteiger partial charge in [0.1, 0.15) is 18.6 Å². The molecule has 25 heavy (non-hydrogen) atoms. The Hall–Kier alpha value is -1.81. The van der Waals surface area contributed by atoms with Crippen molar-refractivity contribution in [1.29, 1.82) is 0 Å². The molecule has 0 aliphatic rings. The van der Waals surface area contributed by atoms with E-state index in [1.54, 1.807) is 13.8 Å². The molecule has 0 aromatic heterocycles. The number of amides is 3. The molecule has 0 aromatic rings. The van der Waals surface area contributed by atoms with Gasteiger partial charge in [-0.25, -0.2) is 0 Å². The van der Waals surface area contributed by atoms with Crippen molar-refractivity contribution < 1.29 is 24.3 Å². The second-order valence-electron chi connectivity index (χ2n) is 5.95. The Morgan fingerprint density at radius 3 is 2.12 bits per heavy atom. The van der Waals surface area contributed by atoms with Gasteiger partial charge in [-0.15, -0.1) is 0 Å². The predicted molar refractivity (Wildman–Crippen MR) is 96.0 cm³/mol. The van der Waals surface area contributed by atoms with Crippen molar-refractivity contribution in [2.75, 3.05) is 18.6 Å². The zero-order valence-electron chi connectivity index (χ0n) is 15.0. The van der Waals surface area contributed by atoms with Gasteiger partial charge in [-0.1, -0.05) is 13.8 Å². The molecule has 144 valence electrons. The van der Waals surface area contributed by atoms with Gasteiger partial charge in [0.05, 0.1) is 6.04 Å². The zero-order valence-corrected chi connectivity index (χ0v) is 15.8. The molecule has 3 atom stereocenters. The molecule has 0 heterocycles. The standard InChI is InChI=1S/C15H28N4O5S/c1-8(2)12(16)15(24)18-9(3)13(22)19-10(5-6-25-4)14(23)17-7-11(20)21/h8-10,12H,5-7,16H2,1-4H3,(H,17,23)(H,18,24)(H,19,22)(H,20,21). The molecular formula is C15H28N4O5S. The maximum Gasteiger partial charge on any atom is 0.322 e. The van der Waals surface area contributed by atoms with E-state index in [9.17, 15) is 19.2 Å². The Balaban J connectivity index is 4.74. The van der Waals surface area contributed by atoms with Crippen molar-refractivity contribution in [1.82, 2.24) is 16.0 Å². The molecule has 0 rings (SSSR count). The van der Waals surface area contributed by atoms with Crippen LogP contribution in [-0.2, 0) is 19.2 Å². The monoisotopic (exact) mass is 376 g/mol. The first kappa shape index (κ1) is 23.2. The first-order chi connectivity index (χ1) is 11.6. The van der Waals surface area contributed by atoms with Crippen LogP contribution in [0.4, 0.5) is 0 Å². The van der Waals surface area contributed by atoms with Crippen LogP contribution in [0.25, 0.3) is 0 Å². The van der Waals surface area contributed by atoms with Crippen LogP contribution in [0.15, 0.2) is 0 Å². The van der Waals surface area contributed by atoms with Crippen LogP contribution in [0.2, 0.25) is 0 Å². The van der Waals surface area contributed by atoms with Crippen LogP contribution in [0.3, 0.4) is 0 Å². The second-order valence-corrected chi connectivity index (χ2v) is 6.94. The van der Waals surface area contributed by atoms with Gasteiger partial charge in [0.15, 0.2) is 0 Å². The number of aliphatic carboxylic acids is 1. The molecule has 9 nitrogen and oxygen atoms in total. The minimum Gasteiger partial charge on any atom is -0.480 e. The number of nitrogens with one attached hydrogen (secondary N) is 3. The molecule has 0 aliphatic carbocycles. The van der Waals surface area contributed by atoms with Crippen molar-refractivity contribution in [2.24, 2.45) is 11.7 Å². The molecule has 10 heteroatoms. The summed E-state index contributed by atoms with van der Waals surface area (Å²) in [6.07, 6.45) is 2.19. The summed E-state index contributed by atoms with van der Waals surface area (Å²) in [6.45, 7) is 4.54. The molecule has 0 saturated heterocycles. The summed E-state index contributed by atoms with van der Waals surface area (Å²) in [7, 11) is 0. The van der Waals surface area contributed by atoms with Crippen LogP contribution >= 0.6 is 11.8 Å². The van der Waals surface area contributed by atoms with Crippen molar-refractivity contribution in [3.63, 3.8) is 0 Å². The molecule has 0 aliphatic heterocycles. The summed E-state index contributed by atoms with van der Waals surface area (Å²) in [6, 6.07) is -2.49. The lowest BCUT2D eigenvalue weighted by Crippen LogP contribution is -2.55. The van der Waals surface area contributed by atoms with Crippen LogP contribution in [0.5, 0.6) is 0 Å². The topological polar surface area (TPSA) is 151 Å². The van der Waals surface area contributed by atoms with Gasteiger partial charge in [-0.2, -0.15) is 11.8 Å². The molecule has 0 saturated carbocycles. The van der Waals surface area contributed by atoms with E-state index < -0.39 is 48.4 Å². The fourth-order valence-electron chi connectivity index (χ4n) is 1.77. The quantitative estimate of drug-likeness (QED) is 0.307. The first-order valence-electron chi connectivity index (χ1n) is 7.94. The van der Waals surface area contributed by atoms with E-state index in [4.69, 9.17) is 10.8 Å². The average Bonchev–Trinajstić information content (AvgIpc) is 2.54. The third-order valence-corrected chi connectivity index (χ3v) is 4.07. The molecule has 0 bridgehead atoms. The van der Waals surface area contributed by atoms with Crippen molar-refractivity contribution in [3.05, 3.63) is 0 Å². The Labute approximate surface area is 151 Å². The van der Waals surface area contributed by atoms with E-state index in [1.807, 2.05) is 6.26 Å². The third kappa shape index (κ3) is 9.30. The first-order valence-corrected chi connectivity index (χ1v) is 9.34. The molecule has 3 unspecified atom stereocenters. The van der Waals surface area contributed by atoms with E-state index >= 15 is 0 Å². The SMILES string of the molecule is CSCCC(NC(=O)C(C)NC(=O)C(N)C(C)C)C(=O)NCC(=O)O. The van der Waals surface area contributed by atoms with Gasteiger partial charge in [0.2, 0.25) is 17.7 Å². The summed E-state index contributed by atoms with van der Waals surface area (Å²) in [5, 5.41) is 15.9. The zero-order chi connectivity index (χ0) is 19.6. The molecular weight excluding hydrogens is 348 g/mol. The number of hydrogen-bond donors (Lipinski definition) is 5. The van der Waals surface area contributed by atoms with Gasteiger partial charge in [-0.05, 0) is 31.3 Å². The molecule has 0 radical (unpaired) electrons. The number of carbonyl (C=O) groups is 4. The van der Waals surface area contributed by atoms with Crippen LogP contribution < -0.4 is 21.7 Å². The van der Waals surface area contributed by atoms with E-state index in [0.717, 1.165) is 0 Å². The lowest BCUT2D eigenvalue weighted by molar-refractivity contribution is -0.138. The van der Waals surface area contributed by atoms with Crippen molar-refractivity contribution in [3.8, 4) is 0 Å². The lowest BCUT2D eigenvalue weighted by atomic mass is 10.0. The van der Waals surface area contributed by atoms with Gasteiger partial charge < -0.3 is 26.8 Å². The number of hydrogen-bond acceptors (Lipinski definition) is 6. The molecule has 3 amide bonds. The Morgan fingerprint density at radius 2 is 1.64 bits per heavy atom. The maximum atomic E-state index is 12.2. The summed E-state index contributed by atoms with van der Waals surface area (Å²) < 4.78 is 0. The van der Waals surface area contributed by atoms with E-state index in [0.29, 0.717) is 12.2 Å². The molecule has 0 fully saturated rings. The number of nitrogens with two attached hydrogens (primary N) is 1. The Bertz CT molecular complexity index is 487.